The summed E-state index contributed by atoms with van der Waals surface area (Å²) in [7, 11) is 3.50. The minimum atomic E-state index is -0.511. The summed E-state index contributed by atoms with van der Waals surface area (Å²) in [6, 6.07) is 3.70. The van der Waals surface area contributed by atoms with Crippen molar-refractivity contribution in [3.63, 3.8) is 0 Å². The number of nitrogens with zero attached hydrogens (tertiary/aromatic N) is 1. The summed E-state index contributed by atoms with van der Waals surface area (Å²) in [5.74, 6) is 1.42. The van der Waals surface area contributed by atoms with Crippen LogP contribution in [0.2, 0.25) is 0 Å². The molecule has 0 bridgehead atoms. The molecule has 0 fully saturated rings. The summed E-state index contributed by atoms with van der Waals surface area (Å²) >= 11 is 0. The van der Waals surface area contributed by atoms with Crippen LogP contribution in [0.3, 0.4) is 0 Å². The van der Waals surface area contributed by atoms with Gasteiger partial charge in [-0.2, -0.15) is 0 Å². The van der Waals surface area contributed by atoms with E-state index in [1.165, 1.54) is 0 Å². The number of anilines is 1. The van der Waals surface area contributed by atoms with Crippen molar-refractivity contribution < 1.29 is 19.3 Å². The van der Waals surface area contributed by atoms with Crippen molar-refractivity contribution in [2.24, 2.45) is 0 Å². The third-order valence-electron chi connectivity index (χ3n) is 3.13. The number of benzene rings is 1. The zero-order valence-corrected chi connectivity index (χ0v) is 12.0. The maximum Gasteiger partial charge on any atom is 0.163 e. The number of aliphatic hydroxyl groups excluding tert-OH is 1. The van der Waals surface area contributed by atoms with Gasteiger partial charge in [-0.3, -0.25) is 4.90 Å². The van der Waals surface area contributed by atoms with Gasteiger partial charge in [-0.05, 0) is 18.7 Å². The Hall–Kier alpha value is -1.50. The quantitative estimate of drug-likeness (QED) is 0.739. The number of hydrogen-bond donors (Lipinski definition) is 2. The van der Waals surface area contributed by atoms with Gasteiger partial charge < -0.3 is 25.1 Å². The molecule has 1 aromatic rings. The number of aliphatic hydroxyl groups is 1. The van der Waals surface area contributed by atoms with E-state index in [0.717, 1.165) is 11.3 Å². The van der Waals surface area contributed by atoms with Crippen molar-refractivity contribution in [1.29, 1.82) is 0 Å². The summed E-state index contributed by atoms with van der Waals surface area (Å²) in [5.41, 5.74) is 7.66. The predicted molar refractivity (Wildman–Crippen MR) is 76.1 cm³/mol. The number of methoxy groups -OCH3 is 1. The van der Waals surface area contributed by atoms with E-state index in [-0.39, 0.29) is 0 Å². The van der Waals surface area contributed by atoms with Crippen molar-refractivity contribution in [2.45, 2.75) is 12.6 Å². The molecule has 2 rings (SSSR count). The van der Waals surface area contributed by atoms with Gasteiger partial charge in [0.25, 0.3) is 0 Å². The molecule has 0 spiro atoms. The smallest absolute Gasteiger partial charge is 0.163 e. The first kappa shape index (κ1) is 14.9. The van der Waals surface area contributed by atoms with Gasteiger partial charge in [0.1, 0.15) is 13.2 Å². The zero-order valence-electron chi connectivity index (χ0n) is 12.0. The standard InChI is InChI=1S/C14H22N2O4/c1-16(8-11(17)9-18-2)7-10-5-13-14(6-12(10)15)20-4-3-19-13/h5-6,11,17H,3-4,7-9,15H2,1-2H3. The molecule has 6 nitrogen and oxygen atoms in total. The van der Waals surface area contributed by atoms with E-state index in [1.807, 2.05) is 18.0 Å². The van der Waals surface area contributed by atoms with Gasteiger partial charge in [0, 0.05) is 32.0 Å². The topological polar surface area (TPSA) is 77.2 Å². The fraction of sp³-hybridized carbons (Fsp3) is 0.571. The van der Waals surface area contributed by atoms with Crippen molar-refractivity contribution in [1.82, 2.24) is 4.90 Å². The summed E-state index contributed by atoms with van der Waals surface area (Å²) in [5, 5.41) is 9.72. The Morgan fingerprint density at radius 3 is 2.65 bits per heavy atom. The van der Waals surface area contributed by atoms with Gasteiger partial charge in [-0.25, -0.2) is 0 Å². The number of fused-ring (bicyclic) bond motifs is 1. The maximum atomic E-state index is 9.72. The van der Waals surface area contributed by atoms with Crippen molar-refractivity contribution in [2.75, 3.05) is 46.3 Å². The highest BCUT2D eigenvalue weighted by molar-refractivity contribution is 5.58. The van der Waals surface area contributed by atoms with Gasteiger partial charge in [-0.1, -0.05) is 0 Å². The van der Waals surface area contributed by atoms with Crippen LogP contribution in [0.15, 0.2) is 12.1 Å². The normalized spacial score (nSPS) is 15.4. The van der Waals surface area contributed by atoms with Crippen LogP contribution in [0.25, 0.3) is 0 Å². The minimum Gasteiger partial charge on any atom is -0.486 e. The van der Waals surface area contributed by atoms with Crippen LogP contribution in [-0.2, 0) is 11.3 Å². The fourth-order valence-corrected chi connectivity index (χ4v) is 2.24. The third kappa shape index (κ3) is 3.75. The number of likely N-dealkylation sites (N-methyl/N-ethyl adjacent to an activating group) is 1. The Morgan fingerprint density at radius 1 is 1.35 bits per heavy atom. The van der Waals surface area contributed by atoms with Crippen LogP contribution in [0, 0.1) is 0 Å². The van der Waals surface area contributed by atoms with E-state index in [2.05, 4.69) is 0 Å². The van der Waals surface area contributed by atoms with E-state index < -0.39 is 6.10 Å². The lowest BCUT2D eigenvalue weighted by Crippen LogP contribution is -2.31. The lowest BCUT2D eigenvalue weighted by atomic mass is 10.1. The number of nitrogen functional groups attached to an aromatic ring is 1. The molecule has 0 saturated carbocycles. The average Bonchev–Trinajstić information content (AvgIpc) is 2.39. The summed E-state index contributed by atoms with van der Waals surface area (Å²) in [6.45, 7) is 2.57. The van der Waals surface area contributed by atoms with E-state index in [9.17, 15) is 5.11 Å². The van der Waals surface area contributed by atoms with E-state index in [0.29, 0.717) is 44.3 Å². The van der Waals surface area contributed by atoms with Gasteiger partial charge in [0.2, 0.25) is 0 Å². The molecule has 3 N–H and O–H groups in total. The van der Waals surface area contributed by atoms with Crippen molar-refractivity contribution in [3.8, 4) is 11.5 Å². The molecule has 0 amide bonds. The molecule has 112 valence electrons. The SMILES string of the molecule is COCC(O)CN(C)Cc1cc2c(cc1N)OCCO2. The highest BCUT2D eigenvalue weighted by Crippen LogP contribution is 2.34. The average molecular weight is 282 g/mol. The first-order valence-corrected chi connectivity index (χ1v) is 6.63. The highest BCUT2D eigenvalue weighted by atomic mass is 16.6. The Kier molecular flexibility index (Phi) is 5.05. The largest absolute Gasteiger partial charge is 0.486 e. The molecule has 20 heavy (non-hydrogen) atoms. The van der Waals surface area contributed by atoms with Gasteiger partial charge in [-0.15, -0.1) is 0 Å². The monoisotopic (exact) mass is 282 g/mol. The predicted octanol–water partition coefficient (Wildman–Crippen LogP) is 0.479. The van der Waals surface area contributed by atoms with Crippen LogP contribution in [0.5, 0.6) is 11.5 Å². The summed E-state index contributed by atoms with van der Waals surface area (Å²) in [6.07, 6.45) is -0.511. The Labute approximate surface area is 119 Å². The molecule has 0 aliphatic carbocycles. The summed E-state index contributed by atoms with van der Waals surface area (Å²) in [4.78, 5) is 1.99. The molecule has 1 aromatic carbocycles. The second-order valence-corrected chi connectivity index (χ2v) is 5.00. The second-order valence-electron chi connectivity index (χ2n) is 5.00. The van der Waals surface area contributed by atoms with Crippen LogP contribution >= 0.6 is 0 Å². The van der Waals surface area contributed by atoms with Gasteiger partial charge >= 0.3 is 0 Å². The molecule has 0 saturated heterocycles. The molecular weight excluding hydrogens is 260 g/mol. The van der Waals surface area contributed by atoms with Crippen LogP contribution < -0.4 is 15.2 Å². The first-order chi connectivity index (χ1) is 9.60. The van der Waals surface area contributed by atoms with Gasteiger partial charge in [0.05, 0.1) is 12.7 Å². The Bertz CT molecular complexity index is 453. The first-order valence-electron chi connectivity index (χ1n) is 6.63. The zero-order chi connectivity index (χ0) is 14.5. The molecule has 1 atom stereocenters. The van der Waals surface area contributed by atoms with E-state index in [1.54, 1.807) is 13.2 Å². The number of rotatable bonds is 6. The highest BCUT2D eigenvalue weighted by Gasteiger charge is 2.16. The van der Waals surface area contributed by atoms with E-state index >= 15 is 0 Å². The number of hydrogen-bond acceptors (Lipinski definition) is 6. The van der Waals surface area contributed by atoms with Gasteiger partial charge in [0.15, 0.2) is 11.5 Å². The Balaban J connectivity index is 2.01. The molecule has 0 radical (unpaired) electrons. The molecule has 1 unspecified atom stereocenters. The third-order valence-corrected chi connectivity index (χ3v) is 3.13. The molecule has 1 aliphatic heterocycles. The maximum absolute atomic E-state index is 9.72. The van der Waals surface area contributed by atoms with Crippen LogP contribution in [0.1, 0.15) is 5.56 Å². The van der Waals surface area contributed by atoms with Crippen LogP contribution in [-0.4, -0.2) is 56.6 Å². The summed E-state index contributed by atoms with van der Waals surface area (Å²) < 4.78 is 16.0. The Morgan fingerprint density at radius 2 is 2.00 bits per heavy atom. The van der Waals surface area contributed by atoms with Crippen molar-refractivity contribution in [3.05, 3.63) is 17.7 Å². The lowest BCUT2D eigenvalue weighted by Gasteiger charge is -2.23. The fourth-order valence-electron chi connectivity index (χ4n) is 2.24. The number of nitrogens with two attached hydrogens (primary N) is 1. The molecule has 6 heteroatoms. The number of ether oxygens (including phenoxy) is 3. The second kappa shape index (κ2) is 6.78. The minimum absolute atomic E-state index is 0.320. The molecular formula is C14H22N2O4. The molecule has 1 heterocycles. The molecule has 0 aromatic heterocycles. The van der Waals surface area contributed by atoms with Crippen LogP contribution in [0.4, 0.5) is 5.69 Å². The van der Waals surface area contributed by atoms with Crippen molar-refractivity contribution >= 4 is 5.69 Å². The molecule has 1 aliphatic rings. The van der Waals surface area contributed by atoms with E-state index in [4.69, 9.17) is 19.9 Å². The lowest BCUT2D eigenvalue weighted by molar-refractivity contribution is 0.0419.